The molecule has 0 aromatic carbocycles. The van der Waals surface area contributed by atoms with Crippen molar-refractivity contribution in [3.63, 3.8) is 0 Å². The number of ether oxygens (including phenoxy) is 1. The standard InChI is InChI=1S/C12H15N5O2/c1-9(8-17-5-3-4-15-17)16-11-7-13-10(6-14-11)12(18)19-2/h3-7,9H,8H2,1-2H3,(H,14,16). The van der Waals surface area contributed by atoms with Crippen LogP contribution in [0.15, 0.2) is 30.9 Å². The molecular weight excluding hydrogens is 246 g/mol. The third kappa shape index (κ3) is 3.51. The first-order chi connectivity index (χ1) is 9.19. The van der Waals surface area contributed by atoms with Gasteiger partial charge >= 0.3 is 5.97 Å². The van der Waals surface area contributed by atoms with Crippen molar-refractivity contribution in [2.24, 2.45) is 0 Å². The summed E-state index contributed by atoms with van der Waals surface area (Å²) in [5, 5.41) is 7.30. The molecule has 100 valence electrons. The van der Waals surface area contributed by atoms with E-state index in [9.17, 15) is 4.79 Å². The molecule has 0 aliphatic heterocycles. The molecule has 1 N–H and O–H groups in total. The highest BCUT2D eigenvalue weighted by Gasteiger charge is 2.09. The Morgan fingerprint density at radius 2 is 2.32 bits per heavy atom. The molecule has 2 heterocycles. The summed E-state index contributed by atoms with van der Waals surface area (Å²) in [6.45, 7) is 2.73. The summed E-state index contributed by atoms with van der Waals surface area (Å²) < 4.78 is 6.38. The molecular formula is C12H15N5O2. The normalized spacial score (nSPS) is 11.9. The summed E-state index contributed by atoms with van der Waals surface area (Å²) in [7, 11) is 1.31. The average molecular weight is 261 g/mol. The van der Waals surface area contributed by atoms with Gasteiger partial charge in [-0.25, -0.2) is 14.8 Å². The van der Waals surface area contributed by atoms with Crippen molar-refractivity contribution in [1.29, 1.82) is 0 Å². The second-order valence-corrected chi connectivity index (χ2v) is 4.05. The van der Waals surface area contributed by atoms with Crippen LogP contribution >= 0.6 is 0 Å². The fraction of sp³-hybridized carbons (Fsp3) is 0.333. The second-order valence-electron chi connectivity index (χ2n) is 4.05. The minimum absolute atomic E-state index is 0.137. The molecule has 0 amide bonds. The molecule has 0 aliphatic rings. The van der Waals surface area contributed by atoms with E-state index in [4.69, 9.17) is 0 Å². The molecule has 1 unspecified atom stereocenters. The maximum absolute atomic E-state index is 11.2. The van der Waals surface area contributed by atoms with Crippen molar-refractivity contribution in [2.45, 2.75) is 19.5 Å². The largest absolute Gasteiger partial charge is 0.464 e. The van der Waals surface area contributed by atoms with E-state index >= 15 is 0 Å². The average Bonchev–Trinajstić information content (AvgIpc) is 2.91. The van der Waals surface area contributed by atoms with Crippen LogP contribution in [0.5, 0.6) is 0 Å². The van der Waals surface area contributed by atoms with Crippen LogP contribution in [-0.4, -0.2) is 38.9 Å². The minimum atomic E-state index is -0.497. The molecule has 0 saturated carbocycles. The number of aromatic nitrogens is 4. The van der Waals surface area contributed by atoms with Crippen LogP contribution in [-0.2, 0) is 11.3 Å². The topological polar surface area (TPSA) is 81.9 Å². The Kier molecular flexibility index (Phi) is 4.07. The number of carbonyl (C=O) groups is 1. The Hall–Kier alpha value is -2.44. The summed E-state index contributed by atoms with van der Waals surface area (Å²) in [6.07, 6.45) is 6.52. The molecule has 2 aromatic rings. The van der Waals surface area contributed by atoms with E-state index in [1.54, 1.807) is 6.20 Å². The van der Waals surface area contributed by atoms with Crippen molar-refractivity contribution in [3.05, 3.63) is 36.5 Å². The van der Waals surface area contributed by atoms with Crippen LogP contribution in [0.4, 0.5) is 5.82 Å². The monoisotopic (exact) mass is 261 g/mol. The first kappa shape index (κ1) is 13.0. The van der Waals surface area contributed by atoms with Gasteiger partial charge in [0.05, 0.1) is 26.0 Å². The Morgan fingerprint density at radius 1 is 1.47 bits per heavy atom. The van der Waals surface area contributed by atoms with Gasteiger partial charge in [-0.05, 0) is 13.0 Å². The van der Waals surface area contributed by atoms with Crippen LogP contribution in [0.25, 0.3) is 0 Å². The number of nitrogens with zero attached hydrogens (tertiary/aromatic N) is 4. The number of esters is 1. The second kappa shape index (κ2) is 5.94. The molecule has 2 aromatic heterocycles. The molecule has 0 bridgehead atoms. The van der Waals surface area contributed by atoms with Gasteiger partial charge in [0.25, 0.3) is 0 Å². The number of hydrogen-bond acceptors (Lipinski definition) is 6. The molecule has 2 rings (SSSR count). The first-order valence-corrected chi connectivity index (χ1v) is 5.83. The molecule has 0 radical (unpaired) electrons. The summed E-state index contributed by atoms with van der Waals surface area (Å²) in [4.78, 5) is 19.3. The van der Waals surface area contributed by atoms with E-state index in [0.29, 0.717) is 12.4 Å². The lowest BCUT2D eigenvalue weighted by Gasteiger charge is -2.14. The van der Waals surface area contributed by atoms with Gasteiger partial charge in [-0.3, -0.25) is 4.68 Å². The molecule has 0 saturated heterocycles. The third-order valence-corrected chi connectivity index (χ3v) is 2.46. The number of methoxy groups -OCH3 is 1. The van der Waals surface area contributed by atoms with Crippen molar-refractivity contribution in [1.82, 2.24) is 19.7 Å². The zero-order valence-corrected chi connectivity index (χ0v) is 10.8. The highest BCUT2D eigenvalue weighted by Crippen LogP contribution is 2.05. The number of nitrogens with one attached hydrogen (secondary N) is 1. The third-order valence-electron chi connectivity index (χ3n) is 2.46. The Bertz CT molecular complexity index is 524. The maximum Gasteiger partial charge on any atom is 0.358 e. The van der Waals surface area contributed by atoms with Crippen LogP contribution < -0.4 is 5.32 Å². The molecule has 1 atom stereocenters. The number of anilines is 1. The Labute approximate surface area is 110 Å². The van der Waals surface area contributed by atoms with Gasteiger partial charge in [-0.15, -0.1) is 0 Å². The van der Waals surface area contributed by atoms with E-state index in [0.717, 1.165) is 0 Å². The van der Waals surface area contributed by atoms with Gasteiger partial charge in [0.2, 0.25) is 0 Å². The van der Waals surface area contributed by atoms with Crippen LogP contribution in [0.1, 0.15) is 17.4 Å². The SMILES string of the molecule is COC(=O)c1cnc(NC(C)Cn2cccn2)cn1. The first-order valence-electron chi connectivity index (χ1n) is 5.83. The van der Waals surface area contributed by atoms with E-state index in [1.807, 2.05) is 23.9 Å². The van der Waals surface area contributed by atoms with E-state index in [-0.39, 0.29) is 11.7 Å². The molecule has 7 heteroatoms. The Morgan fingerprint density at radius 3 is 2.89 bits per heavy atom. The molecule has 0 fully saturated rings. The number of hydrogen-bond donors (Lipinski definition) is 1. The van der Waals surface area contributed by atoms with Gasteiger partial charge < -0.3 is 10.1 Å². The molecule has 0 spiro atoms. The fourth-order valence-corrected chi connectivity index (χ4v) is 1.60. The van der Waals surface area contributed by atoms with E-state index in [2.05, 4.69) is 25.1 Å². The van der Waals surface area contributed by atoms with Crippen LogP contribution in [0, 0.1) is 0 Å². The van der Waals surface area contributed by atoms with E-state index in [1.165, 1.54) is 19.5 Å². The highest BCUT2D eigenvalue weighted by molar-refractivity contribution is 5.86. The lowest BCUT2D eigenvalue weighted by molar-refractivity contribution is 0.0593. The predicted molar refractivity (Wildman–Crippen MR) is 68.7 cm³/mol. The van der Waals surface area contributed by atoms with Crippen LogP contribution in [0.3, 0.4) is 0 Å². The predicted octanol–water partition coefficient (Wildman–Crippen LogP) is 0.960. The lowest BCUT2D eigenvalue weighted by atomic mass is 10.3. The summed E-state index contributed by atoms with van der Waals surface area (Å²) in [5.41, 5.74) is 0.188. The van der Waals surface area contributed by atoms with Crippen molar-refractivity contribution in [2.75, 3.05) is 12.4 Å². The fourth-order valence-electron chi connectivity index (χ4n) is 1.60. The van der Waals surface area contributed by atoms with Gasteiger partial charge in [-0.2, -0.15) is 5.10 Å². The lowest BCUT2D eigenvalue weighted by Crippen LogP contribution is -2.23. The van der Waals surface area contributed by atoms with Crippen molar-refractivity contribution < 1.29 is 9.53 Å². The zero-order valence-electron chi connectivity index (χ0n) is 10.8. The summed E-state index contributed by atoms with van der Waals surface area (Å²) >= 11 is 0. The smallest absolute Gasteiger partial charge is 0.358 e. The zero-order chi connectivity index (χ0) is 13.7. The summed E-state index contributed by atoms with van der Waals surface area (Å²) in [6, 6.07) is 2.01. The highest BCUT2D eigenvalue weighted by atomic mass is 16.5. The number of carbonyl (C=O) groups excluding carboxylic acids is 1. The molecule has 0 aliphatic carbocycles. The quantitative estimate of drug-likeness (QED) is 0.807. The number of rotatable bonds is 5. The van der Waals surface area contributed by atoms with E-state index < -0.39 is 5.97 Å². The van der Waals surface area contributed by atoms with Crippen molar-refractivity contribution in [3.8, 4) is 0 Å². The molecule has 7 nitrogen and oxygen atoms in total. The van der Waals surface area contributed by atoms with Gasteiger partial charge in [0.1, 0.15) is 5.82 Å². The maximum atomic E-state index is 11.2. The Balaban J connectivity index is 1.93. The minimum Gasteiger partial charge on any atom is -0.464 e. The van der Waals surface area contributed by atoms with Crippen LogP contribution in [0.2, 0.25) is 0 Å². The van der Waals surface area contributed by atoms with Crippen molar-refractivity contribution >= 4 is 11.8 Å². The van der Waals surface area contributed by atoms with Gasteiger partial charge in [0, 0.05) is 18.4 Å². The molecule has 19 heavy (non-hydrogen) atoms. The summed E-state index contributed by atoms with van der Waals surface area (Å²) in [5.74, 6) is 0.107. The van der Waals surface area contributed by atoms with Gasteiger partial charge in [0.15, 0.2) is 5.69 Å². The van der Waals surface area contributed by atoms with Gasteiger partial charge in [-0.1, -0.05) is 0 Å².